The average molecular weight is 146 g/mol. The van der Waals surface area contributed by atoms with Crippen LogP contribution in [0.5, 0.6) is 0 Å². The van der Waals surface area contributed by atoms with E-state index >= 15 is 0 Å². The summed E-state index contributed by atoms with van der Waals surface area (Å²) >= 11 is 3.28. The van der Waals surface area contributed by atoms with Gasteiger partial charge in [-0.05, 0) is 0 Å². The van der Waals surface area contributed by atoms with E-state index in [0.29, 0.717) is 4.95 Å². The van der Waals surface area contributed by atoms with Crippen molar-refractivity contribution in [3.63, 3.8) is 0 Å². The molecule has 1 rings (SSSR count). The van der Waals surface area contributed by atoms with E-state index in [1.807, 2.05) is 12.2 Å². The van der Waals surface area contributed by atoms with E-state index in [9.17, 15) is 0 Å². The van der Waals surface area contributed by atoms with Gasteiger partial charge in [0, 0.05) is 0 Å². The summed E-state index contributed by atoms with van der Waals surface area (Å²) in [6.07, 6.45) is 3.82. The van der Waals surface area contributed by atoms with Crippen LogP contribution in [-0.2, 0) is 0 Å². The Labute approximate surface area is 45.6 Å². The predicted molar refractivity (Wildman–Crippen MR) is 28.2 cm³/mol. The lowest BCUT2D eigenvalue weighted by Gasteiger charge is -1.90. The highest BCUT2D eigenvalue weighted by molar-refractivity contribution is 9.09. The van der Waals surface area contributed by atoms with Crippen LogP contribution in [0, 0.1) is 6.54 Å². The zero-order valence-corrected chi connectivity index (χ0v) is 4.70. The van der Waals surface area contributed by atoms with Crippen molar-refractivity contribution in [3.8, 4) is 0 Å². The smallest absolute Gasteiger partial charge is 0.0863 e. The summed E-state index contributed by atoms with van der Waals surface area (Å²) in [6, 6.07) is 0. The summed E-state index contributed by atoms with van der Waals surface area (Å²) in [7, 11) is 0. The second-order valence-electron chi connectivity index (χ2n) is 1.05. The van der Waals surface area contributed by atoms with Crippen LogP contribution in [0.25, 0.3) is 0 Å². The quantitative estimate of drug-likeness (QED) is 0.395. The molecule has 1 atom stereocenters. The molecule has 0 aromatic carbocycles. The lowest BCUT2D eigenvalue weighted by atomic mass is 10.6. The first-order chi connectivity index (χ1) is 2.89. The van der Waals surface area contributed by atoms with Crippen molar-refractivity contribution in [3.05, 3.63) is 18.7 Å². The number of rotatable bonds is 0. The third-order valence-corrected chi connectivity index (χ3v) is 1.10. The van der Waals surface area contributed by atoms with Crippen LogP contribution in [0.2, 0.25) is 0 Å². The average Bonchev–Trinajstić information content (AvgIpc) is 1.86. The lowest BCUT2D eigenvalue weighted by Crippen LogP contribution is -2.09. The molecule has 1 unspecified atom stereocenters. The molecule has 1 aliphatic heterocycles. The highest BCUT2D eigenvalue weighted by atomic mass is 79.9. The molecule has 0 saturated heterocycles. The third kappa shape index (κ3) is 0.820. The fraction of sp³-hybridized carbons (Fsp3) is 0.250. The Kier molecular flexibility index (Phi) is 1.27. The normalized spacial score (nSPS) is 31.8. The monoisotopic (exact) mass is 145 g/mol. The Morgan fingerprint density at radius 2 is 2.67 bits per heavy atom. The van der Waals surface area contributed by atoms with Crippen molar-refractivity contribution in [1.29, 1.82) is 0 Å². The van der Waals surface area contributed by atoms with Gasteiger partial charge in [-0.3, -0.25) is 5.32 Å². The van der Waals surface area contributed by atoms with E-state index in [2.05, 4.69) is 27.8 Å². The van der Waals surface area contributed by atoms with Gasteiger partial charge in [-0.25, -0.2) is 0 Å². The highest BCUT2D eigenvalue weighted by Crippen LogP contribution is 2.02. The largest absolute Gasteiger partial charge is 0.289 e. The van der Waals surface area contributed by atoms with Gasteiger partial charge in [0.05, 0.1) is 11.5 Å². The standard InChI is InChI=1S/C4H4BrN/c5-4-2-1-3-6-4/h1-2,4,6H. The van der Waals surface area contributed by atoms with E-state index in [-0.39, 0.29) is 0 Å². The van der Waals surface area contributed by atoms with E-state index in [1.54, 1.807) is 0 Å². The second kappa shape index (κ2) is 1.76. The van der Waals surface area contributed by atoms with Crippen LogP contribution < -0.4 is 5.32 Å². The predicted octanol–water partition coefficient (Wildman–Crippen LogP) is 0.906. The summed E-state index contributed by atoms with van der Waals surface area (Å²) in [5.74, 6) is 0. The second-order valence-corrected chi connectivity index (χ2v) is 2.04. The number of alkyl halides is 1. The van der Waals surface area contributed by atoms with Crippen molar-refractivity contribution in [2.24, 2.45) is 0 Å². The molecule has 0 aromatic heterocycles. The first kappa shape index (κ1) is 4.34. The van der Waals surface area contributed by atoms with E-state index in [4.69, 9.17) is 0 Å². The van der Waals surface area contributed by atoms with E-state index in [0.717, 1.165) is 0 Å². The Bertz CT molecular complexity index is 69.9. The maximum atomic E-state index is 3.28. The summed E-state index contributed by atoms with van der Waals surface area (Å²) in [5, 5.41) is 2.88. The Morgan fingerprint density at radius 3 is 2.83 bits per heavy atom. The lowest BCUT2D eigenvalue weighted by molar-refractivity contribution is 0.936. The third-order valence-electron chi connectivity index (χ3n) is 0.570. The van der Waals surface area contributed by atoms with Crippen LogP contribution in [0.15, 0.2) is 12.2 Å². The Hall–Kier alpha value is 0.180. The van der Waals surface area contributed by atoms with Gasteiger partial charge in [-0.1, -0.05) is 28.1 Å². The number of nitrogens with one attached hydrogen (secondary N) is 1. The molecule has 2 radical (unpaired) electrons. The zero-order valence-electron chi connectivity index (χ0n) is 3.11. The van der Waals surface area contributed by atoms with Gasteiger partial charge < -0.3 is 0 Å². The highest BCUT2D eigenvalue weighted by Gasteiger charge is 1.99. The van der Waals surface area contributed by atoms with E-state index in [1.165, 1.54) is 0 Å². The molecule has 2 heteroatoms. The molecule has 1 aliphatic rings. The van der Waals surface area contributed by atoms with Crippen LogP contribution in [0.3, 0.4) is 0 Å². The fourth-order valence-electron chi connectivity index (χ4n) is 0.308. The molecule has 1 heterocycles. The molecule has 0 bridgehead atoms. The molecule has 6 heavy (non-hydrogen) atoms. The van der Waals surface area contributed by atoms with Crippen LogP contribution in [-0.4, -0.2) is 4.95 Å². The van der Waals surface area contributed by atoms with Gasteiger partial charge in [0.25, 0.3) is 0 Å². The van der Waals surface area contributed by atoms with Crippen molar-refractivity contribution in [2.75, 3.05) is 0 Å². The number of hydrogen-bond donors (Lipinski definition) is 1. The molecular weight excluding hydrogens is 142 g/mol. The van der Waals surface area contributed by atoms with Crippen LogP contribution in [0.4, 0.5) is 0 Å². The van der Waals surface area contributed by atoms with Crippen LogP contribution in [0.1, 0.15) is 0 Å². The minimum atomic E-state index is 0.317. The maximum absolute atomic E-state index is 3.28. The molecule has 0 saturated carbocycles. The molecule has 0 amide bonds. The van der Waals surface area contributed by atoms with Gasteiger partial charge in [-0.2, -0.15) is 0 Å². The minimum absolute atomic E-state index is 0.317. The summed E-state index contributed by atoms with van der Waals surface area (Å²) in [5.41, 5.74) is 0. The summed E-state index contributed by atoms with van der Waals surface area (Å²) < 4.78 is 0. The van der Waals surface area contributed by atoms with Gasteiger partial charge in [0.15, 0.2) is 0 Å². The molecular formula is C4H4BrN. The topological polar surface area (TPSA) is 12.0 Å². The fourth-order valence-corrected chi connectivity index (χ4v) is 0.593. The summed E-state index contributed by atoms with van der Waals surface area (Å²) in [4.78, 5) is 0.317. The van der Waals surface area contributed by atoms with Gasteiger partial charge in [0.2, 0.25) is 0 Å². The Balaban J connectivity index is 2.38. The minimum Gasteiger partial charge on any atom is -0.289 e. The molecule has 1 nitrogen and oxygen atoms in total. The number of halogens is 1. The van der Waals surface area contributed by atoms with Crippen molar-refractivity contribution >= 4 is 15.9 Å². The molecule has 1 N–H and O–H groups in total. The van der Waals surface area contributed by atoms with Crippen molar-refractivity contribution in [2.45, 2.75) is 4.95 Å². The van der Waals surface area contributed by atoms with Crippen molar-refractivity contribution in [1.82, 2.24) is 5.32 Å². The van der Waals surface area contributed by atoms with Crippen LogP contribution >= 0.6 is 15.9 Å². The zero-order chi connectivity index (χ0) is 4.41. The first-order valence-corrected chi connectivity index (χ1v) is 2.63. The Morgan fingerprint density at radius 1 is 1.83 bits per heavy atom. The maximum Gasteiger partial charge on any atom is 0.0863 e. The van der Waals surface area contributed by atoms with Gasteiger partial charge in [0.1, 0.15) is 0 Å². The summed E-state index contributed by atoms with van der Waals surface area (Å²) in [6.45, 7) is 2.79. The van der Waals surface area contributed by atoms with E-state index < -0.39 is 0 Å². The van der Waals surface area contributed by atoms with Gasteiger partial charge >= 0.3 is 0 Å². The molecule has 0 aromatic rings. The molecule has 0 fully saturated rings. The van der Waals surface area contributed by atoms with Gasteiger partial charge in [-0.15, -0.1) is 0 Å². The SMILES string of the molecule is BrC1C=C[C]N1. The van der Waals surface area contributed by atoms with Crippen molar-refractivity contribution < 1.29 is 0 Å². The molecule has 0 aliphatic carbocycles. The first-order valence-electron chi connectivity index (χ1n) is 1.71. The molecule has 0 spiro atoms. The molecule has 32 valence electrons. The number of hydrogen-bond acceptors (Lipinski definition) is 1.